The maximum atomic E-state index is 12.3. The van der Waals surface area contributed by atoms with Crippen LogP contribution in [0.3, 0.4) is 0 Å². The van der Waals surface area contributed by atoms with E-state index in [1.165, 1.54) is 5.56 Å². The summed E-state index contributed by atoms with van der Waals surface area (Å²) in [4.78, 5) is 12.3. The molecular weight excluding hydrogens is 272 g/mol. The minimum atomic E-state index is -0.284. The summed E-state index contributed by atoms with van der Waals surface area (Å²) in [7, 11) is 0. The van der Waals surface area contributed by atoms with Crippen LogP contribution in [0.2, 0.25) is 0 Å². The molecule has 4 heteroatoms. The molecule has 0 heterocycles. The van der Waals surface area contributed by atoms with Gasteiger partial charge in [0.2, 0.25) is 0 Å². The lowest BCUT2D eigenvalue weighted by Gasteiger charge is -2.31. The van der Waals surface area contributed by atoms with E-state index in [1.54, 1.807) is 0 Å². The molecule has 1 aromatic rings. The molecule has 0 bridgehead atoms. The van der Waals surface area contributed by atoms with Gasteiger partial charge in [-0.2, -0.15) is 0 Å². The van der Waals surface area contributed by atoms with Gasteiger partial charge in [0.25, 0.3) is 5.91 Å². The van der Waals surface area contributed by atoms with Gasteiger partial charge in [-0.05, 0) is 36.5 Å². The van der Waals surface area contributed by atoms with Crippen LogP contribution in [0.25, 0.3) is 0 Å². The van der Waals surface area contributed by atoms with E-state index in [0.717, 1.165) is 12.8 Å². The highest BCUT2D eigenvalue weighted by Crippen LogP contribution is 2.17. The first-order valence-electron chi connectivity index (χ1n) is 7.10. The fourth-order valence-corrected chi connectivity index (χ4v) is 2.10. The first-order valence-corrected chi connectivity index (χ1v) is 7.10. The molecule has 0 unspecified atom stereocenters. The second-order valence-electron chi connectivity index (χ2n) is 5.42. The predicted molar refractivity (Wildman–Crippen MR) is 87.6 cm³/mol. The number of carbonyl (C=O) groups is 1. The van der Waals surface area contributed by atoms with Crippen LogP contribution in [0.5, 0.6) is 0 Å². The van der Waals surface area contributed by atoms with Crippen molar-refractivity contribution in [2.75, 3.05) is 6.54 Å². The Labute approximate surface area is 128 Å². The predicted octanol–water partition coefficient (Wildman–Crippen LogP) is 3.48. The van der Waals surface area contributed by atoms with Crippen LogP contribution >= 0.6 is 12.4 Å². The zero-order valence-electron chi connectivity index (χ0n) is 12.9. The van der Waals surface area contributed by atoms with E-state index in [1.807, 2.05) is 24.3 Å². The van der Waals surface area contributed by atoms with Crippen molar-refractivity contribution in [2.45, 2.75) is 52.0 Å². The van der Waals surface area contributed by atoms with Gasteiger partial charge in [0, 0.05) is 12.1 Å². The molecule has 20 heavy (non-hydrogen) atoms. The Bertz CT molecular complexity index is 403. The molecule has 1 aromatic carbocycles. The minimum Gasteiger partial charge on any atom is -0.345 e. The number of nitrogens with one attached hydrogen (secondary N) is 1. The summed E-state index contributed by atoms with van der Waals surface area (Å²) in [6, 6.07) is 7.80. The van der Waals surface area contributed by atoms with Crippen molar-refractivity contribution in [3.8, 4) is 0 Å². The van der Waals surface area contributed by atoms with E-state index >= 15 is 0 Å². The number of hydrogen-bond acceptors (Lipinski definition) is 2. The zero-order chi connectivity index (χ0) is 14.5. The Hall–Kier alpha value is -1.06. The fraction of sp³-hybridized carbons (Fsp3) is 0.562. The Kier molecular flexibility index (Phi) is 7.84. The number of hydrogen-bond donors (Lipinski definition) is 2. The summed E-state index contributed by atoms with van der Waals surface area (Å²) in [6.07, 6.45) is 1.69. The Morgan fingerprint density at radius 1 is 1.20 bits per heavy atom. The largest absolute Gasteiger partial charge is 0.345 e. The molecule has 3 nitrogen and oxygen atoms in total. The molecule has 0 radical (unpaired) electrons. The standard InChI is InChI=1S/C16H26N2O.ClH/c1-5-16(6-2,11-17)18-15(19)14-9-7-13(8-10-14)12(3)4;/h7-10,12H,5-6,11,17H2,1-4H3,(H,18,19);1H. The van der Waals surface area contributed by atoms with Gasteiger partial charge >= 0.3 is 0 Å². The van der Waals surface area contributed by atoms with Crippen LogP contribution in [0, 0.1) is 0 Å². The molecule has 0 aliphatic carbocycles. The maximum absolute atomic E-state index is 12.3. The molecule has 0 fully saturated rings. The number of nitrogens with two attached hydrogens (primary N) is 1. The Morgan fingerprint density at radius 3 is 2.05 bits per heavy atom. The second kappa shape index (κ2) is 8.28. The fourth-order valence-electron chi connectivity index (χ4n) is 2.10. The molecule has 1 amide bonds. The summed E-state index contributed by atoms with van der Waals surface area (Å²) >= 11 is 0. The number of rotatable bonds is 6. The number of benzene rings is 1. The lowest BCUT2D eigenvalue weighted by Crippen LogP contribution is -2.52. The first-order chi connectivity index (χ1) is 8.98. The van der Waals surface area contributed by atoms with Crippen LogP contribution in [0.4, 0.5) is 0 Å². The molecule has 0 spiro atoms. The van der Waals surface area contributed by atoms with Crippen molar-refractivity contribution >= 4 is 18.3 Å². The van der Waals surface area contributed by atoms with Crippen LogP contribution in [0.15, 0.2) is 24.3 Å². The molecule has 0 atom stereocenters. The van der Waals surface area contributed by atoms with E-state index in [0.29, 0.717) is 18.0 Å². The van der Waals surface area contributed by atoms with Crippen molar-refractivity contribution in [3.63, 3.8) is 0 Å². The third-order valence-electron chi connectivity index (χ3n) is 3.96. The van der Waals surface area contributed by atoms with Gasteiger partial charge in [0.05, 0.1) is 5.54 Å². The van der Waals surface area contributed by atoms with Gasteiger partial charge in [-0.3, -0.25) is 4.79 Å². The average Bonchev–Trinajstić information content (AvgIpc) is 2.45. The number of carbonyl (C=O) groups excluding carboxylic acids is 1. The molecule has 0 aliphatic heterocycles. The quantitative estimate of drug-likeness (QED) is 0.845. The van der Waals surface area contributed by atoms with Crippen LogP contribution in [-0.4, -0.2) is 18.0 Å². The third kappa shape index (κ3) is 4.50. The highest BCUT2D eigenvalue weighted by atomic mass is 35.5. The van der Waals surface area contributed by atoms with Crippen molar-refractivity contribution in [2.24, 2.45) is 5.73 Å². The minimum absolute atomic E-state index is 0. The van der Waals surface area contributed by atoms with Crippen molar-refractivity contribution in [1.82, 2.24) is 5.32 Å². The van der Waals surface area contributed by atoms with Crippen molar-refractivity contribution in [1.29, 1.82) is 0 Å². The highest BCUT2D eigenvalue weighted by Gasteiger charge is 2.26. The van der Waals surface area contributed by atoms with Gasteiger partial charge < -0.3 is 11.1 Å². The van der Waals surface area contributed by atoms with Crippen LogP contribution < -0.4 is 11.1 Å². The monoisotopic (exact) mass is 298 g/mol. The lowest BCUT2D eigenvalue weighted by molar-refractivity contribution is 0.0895. The smallest absolute Gasteiger partial charge is 0.251 e. The first kappa shape index (κ1) is 18.9. The molecule has 0 aliphatic rings. The number of amides is 1. The van der Waals surface area contributed by atoms with Crippen LogP contribution in [-0.2, 0) is 0 Å². The van der Waals surface area contributed by atoms with Gasteiger partial charge in [0.15, 0.2) is 0 Å². The van der Waals surface area contributed by atoms with Gasteiger partial charge in [-0.25, -0.2) is 0 Å². The molecule has 0 saturated heterocycles. The highest BCUT2D eigenvalue weighted by molar-refractivity contribution is 5.94. The summed E-state index contributed by atoms with van der Waals surface area (Å²) in [5.41, 5.74) is 7.46. The van der Waals surface area contributed by atoms with E-state index in [2.05, 4.69) is 33.0 Å². The van der Waals surface area contributed by atoms with Gasteiger partial charge in [-0.1, -0.05) is 39.8 Å². The SMILES string of the molecule is CCC(CC)(CN)NC(=O)c1ccc(C(C)C)cc1.Cl. The van der Waals surface area contributed by atoms with Gasteiger partial charge in [0.1, 0.15) is 0 Å². The Morgan fingerprint density at radius 2 is 1.70 bits per heavy atom. The summed E-state index contributed by atoms with van der Waals surface area (Å²) in [6.45, 7) is 8.86. The molecule has 3 N–H and O–H groups in total. The normalized spacial score (nSPS) is 11.1. The maximum Gasteiger partial charge on any atom is 0.251 e. The molecule has 0 aromatic heterocycles. The molecule has 0 saturated carbocycles. The van der Waals surface area contributed by atoms with Crippen molar-refractivity contribution in [3.05, 3.63) is 35.4 Å². The second-order valence-corrected chi connectivity index (χ2v) is 5.42. The summed E-state index contributed by atoms with van der Waals surface area (Å²) in [5, 5.41) is 3.08. The molecule has 1 rings (SSSR count). The lowest BCUT2D eigenvalue weighted by atomic mass is 9.92. The van der Waals surface area contributed by atoms with E-state index < -0.39 is 0 Å². The van der Waals surface area contributed by atoms with E-state index in [9.17, 15) is 4.79 Å². The van der Waals surface area contributed by atoms with Crippen molar-refractivity contribution < 1.29 is 4.79 Å². The Balaban J connectivity index is 0.00000361. The summed E-state index contributed by atoms with van der Waals surface area (Å²) in [5.74, 6) is 0.441. The van der Waals surface area contributed by atoms with E-state index in [-0.39, 0.29) is 23.9 Å². The molecule has 114 valence electrons. The summed E-state index contributed by atoms with van der Waals surface area (Å²) < 4.78 is 0. The molecular formula is C16H27ClN2O. The van der Waals surface area contributed by atoms with Crippen LogP contribution in [0.1, 0.15) is 62.4 Å². The number of halogens is 1. The third-order valence-corrected chi connectivity index (χ3v) is 3.96. The zero-order valence-corrected chi connectivity index (χ0v) is 13.7. The average molecular weight is 299 g/mol. The topological polar surface area (TPSA) is 55.1 Å². The van der Waals surface area contributed by atoms with E-state index in [4.69, 9.17) is 5.73 Å². The van der Waals surface area contributed by atoms with Gasteiger partial charge in [-0.15, -0.1) is 12.4 Å².